The van der Waals surface area contributed by atoms with Crippen molar-refractivity contribution in [1.29, 1.82) is 0 Å². The number of ether oxygens (including phenoxy) is 1. The van der Waals surface area contributed by atoms with Crippen LogP contribution in [0.1, 0.15) is 25.3 Å². The van der Waals surface area contributed by atoms with Crippen LogP contribution in [-0.4, -0.2) is 53.0 Å². The van der Waals surface area contributed by atoms with Crippen LogP contribution < -0.4 is 21.3 Å². The molecule has 2 saturated heterocycles. The second kappa shape index (κ2) is 10.3. The molecule has 37 heavy (non-hydrogen) atoms. The van der Waals surface area contributed by atoms with Crippen molar-refractivity contribution in [2.24, 2.45) is 11.7 Å². The lowest BCUT2D eigenvalue weighted by Gasteiger charge is -2.43. The van der Waals surface area contributed by atoms with Crippen molar-refractivity contribution in [1.82, 2.24) is 20.7 Å². The van der Waals surface area contributed by atoms with Crippen molar-refractivity contribution in [3.05, 3.63) is 78.0 Å². The first-order valence-electron chi connectivity index (χ1n) is 12.3. The minimum Gasteiger partial charge on any atom is -0.451 e. The van der Waals surface area contributed by atoms with E-state index in [1.165, 1.54) is 6.07 Å². The van der Waals surface area contributed by atoms with Gasteiger partial charge in [-0.05, 0) is 61.2 Å². The number of nitrogens with one attached hydrogen (secondary N) is 2. The Morgan fingerprint density at radius 3 is 2.59 bits per heavy atom. The van der Waals surface area contributed by atoms with Gasteiger partial charge in [-0.15, -0.1) is 0 Å². The van der Waals surface area contributed by atoms with Crippen LogP contribution in [0, 0.1) is 17.6 Å². The Morgan fingerprint density at radius 2 is 1.89 bits per heavy atom. The Bertz CT molecular complexity index is 1230. The maximum Gasteiger partial charge on any atom is 0.257 e. The largest absolute Gasteiger partial charge is 0.451 e. The molecule has 4 N–H and O–H groups in total. The predicted octanol–water partition coefficient (Wildman–Crippen LogP) is 2.88. The van der Waals surface area contributed by atoms with Crippen molar-refractivity contribution in [3.63, 3.8) is 0 Å². The van der Waals surface area contributed by atoms with Gasteiger partial charge in [-0.3, -0.25) is 15.0 Å². The van der Waals surface area contributed by atoms with E-state index in [4.69, 9.17) is 10.5 Å². The van der Waals surface area contributed by atoms with Crippen molar-refractivity contribution in [2.75, 3.05) is 13.1 Å². The minimum atomic E-state index is -0.791. The Kier molecular flexibility index (Phi) is 6.94. The van der Waals surface area contributed by atoms with Crippen LogP contribution >= 0.6 is 0 Å². The number of hydrogen-bond donors (Lipinski definition) is 3. The van der Waals surface area contributed by atoms with Crippen molar-refractivity contribution in [2.45, 2.75) is 38.0 Å². The number of hydrazine groups is 1. The van der Waals surface area contributed by atoms with Crippen LogP contribution in [0.3, 0.4) is 0 Å². The second-order valence-corrected chi connectivity index (χ2v) is 9.42. The number of allylic oxidation sites excluding steroid dienone is 1. The zero-order valence-corrected chi connectivity index (χ0v) is 20.4. The third-order valence-corrected chi connectivity index (χ3v) is 7.09. The number of nitrogens with two attached hydrogens (primary N) is 1. The number of halogens is 2. The molecule has 4 atom stereocenters. The molecule has 8 nitrogen and oxygen atoms in total. The summed E-state index contributed by atoms with van der Waals surface area (Å²) in [5.41, 5.74) is 13.6. The molecular weight excluding hydrogens is 480 g/mol. The van der Waals surface area contributed by atoms with Gasteiger partial charge in [-0.1, -0.05) is 24.3 Å². The third kappa shape index (κ3) is 4.82. The molecule has 3 heterocycles. The van der Waals surface area contributed by atoms with E-state index in [-0.39, 0.29) is 29.5 Å². The summed E-state index contributed by atoms with van der Waals surface area (Å²) in [5.74, 6) is -2.35. The lowest BCUT2D eigenvalue weighted by Crippen LogP contribution is -2.67. The van der Waals surface area contributed by atoms with Gasteiger partial charge in [0.1, 0.15) is 11.8 Å². The summed E-state index contributed by atoms with van der Waals surface area (Å²) < 4.78 is 33.4. The number of benzene rings is 2. The fraction of sp³-hybridized carbons (Fsp3) is 0.333. The highest BCUT2D eigenvalue weighted by molar-refractivity contribution is 5.89. The van der Waals surface area contributed by atoms with E-state index < -0.39 is 29.6 Å². The molecule has 3 aliphatic heterocycles. The van der Waals surface area contributed by atoms with Crippen LogP contribution in [0.15, 0.2) is 60.8 Å². The number of carbonyl (C=O) groups is 2. The van der Waals surface area contributed by atoms with Crippen LogP contribution in [0.5, 0.6) is 11.5 Å². The summed E-state index contributed by atoms with van der Waals surface area (Å²) in [4.78, 5) is 29.3. The summed E-state index contributed by atoms with van der Waals surface area (Å²) in [6.45, 7) is 2.99. The molecule has 0 spiro atoms. The maximum atomic E-state index is 14.0. The second-order valence-electron chi connectivity index (χ2n) is 9.42. The Labute approximate surface area is 213 Å². The van der Waals surface area contributed by atoms with Gasteiger partial charge >= 0.3 is 0 Å². The van der Waals surface area contributed by atoms with E-state index in [0.29, 0.717) is 13.1 Å². The highest BCUT2D eigenvalue weighted by Crippen LogP contribution is 2.41. The molecule has 10 heteroatoms. The average molecular weight is 510 g/mol. The summed E-state index contributed by atoms with van der Waals surface area (Å²) in [6.07, 6.45) is 6.37. The van der Waals surface area contributed by atoms with Gasteiger partial charge in [0.15, 0.2) is 17.4 Å². The minimum absolute atomic E-state index is 0.0412. The molecule has 0 radical (unpaired) electrons. The molecule has 2 amide bonds. The van der Waals surface area contributed by atoms with E-state index in [1.54, 1.807) is 36.4 Å². The molecule has 0 aromatic heterocycles. The van der Waals surface area contributed by atoms with Gasteiger partial charge in [-0.25, -0.2) is 14.2 Å². The number of nitrogens with zero attached hydrogens (tertiary/aromatic N) is 2. The molecular formula is C27H29F2N5O3. The SMILES string of the molecule is C/C=C/C(=O)N1CCC[C@@H](N2C=C(c3ccc(Oc4c(F)cccc4F)cc3)C3C(N)NNC(=O)C32)C1. The lowest BCUT2D eigenvalue weighted by atomic mass is 9.86. The maximum absolute atomic E-state index is 14.0. The summed E-state index contributed by atoms with van der Waals surface area (Å²) in [5, 5.41) is 0. The predicted molar refractivity (Wildman–Crippen MR) is 134 cm³/mol. The zero-order valence-electron chi connectivity index (χ0n) is 20.4. The van der Waals surface area contributed by atoms with E-state index >= 15 is 0 Å². The van der Waals surface area contributed by atoms with Crippen LogP contribution in [0.2, 0.25) is 0 Å². The Hall–Kier alpha value is -3.76. The van der Waals surface area contributed by atoms with Crippen molar-refractivity contribution in [3.8, 4) is 11.5 Å². The van der Waals surface area contributed by atoms with Gasteiger partial charge in [0.2, 0.25) is 5.91 Å². The number of piperidine rings is 1. The Balaban J connectivity index is 1.42. The highest BCUT2D eigenvalue weighted by atomic mass is 19.1. The highest BCUT2D eigenvalue weighted by Gasteiger charge is 2.49. The zero-order chi connectivity index (χ0) is 26.1. The van der Waals surface area contributed by atoms with Gasteiger partial charge in [-0.2, -0.15) is 0 Å². The molecule has 2 aromatic carbocycles. The lowest BCUT2D eigenvalue weighted by molar-refractivity contribution is -0.132. The number of fused-ring (bicyclic) bond motifs is 1. The summed E-state index contributed by atoms with van der Waals surface area (Å²) >= 11 is 0. The number of rotatable bonds is 5. The van der Waals surface area contributed by atoms with Crippen LogP contribution in [-0.2, 0) is 9.59 Å². The molecule has 194 valence electrons. The molecule has 0 saturated carbocycles. The Morgan fingerprint density at radius 1 is 1.16 bits per heavy atom. The van der Waals surface area contributed by atoms with E-state index in [9.17, 15) is 18.4 Å². The topological polar surface area (TPSA) is 99.9 Å². The van der Waals surface area contributed by atoms with Crippen LogP contribution in [0.25, 0.3) is 5.57 Å². The van der Waals surface area contributed by atoms with Gasteiger partial charge in [0, 0.05) is 31.2 Å². The van der Waals surface area contributed by atoms with Crippen molar-refractivity contribution >= 4 is 17.4 Å². The van der Waals surface area contributed by atoms with Gasteiger partial charge < -0.3 is 20.3 Å². The molecule has 0 aliphatic carbocycles. The molecule has 3 unspecified atom stereocenters. The van der Waals surface area contributed by atoms with Gasteiger partial charge in [0.05, 0.1) is 6.17 Å². The first-order chi connectivity index (χ1) is 17.9. The third-order valence-electron chi connectivity index (χ3n) is 7.09. The van der Waals surface area contributed by atoms with Crippen LogP contribution in [0.4, 0.5) is 8.78 Å². The first kappa shape index (κ1) is 24.9. The number of hydrogen-bond acceptors (Lipinski definition) is 6. The van der Waals surface area contributed by atoms with Crippen molar-refractivity contribution < 1.29 is 23.1 Å². The molecule has 2 fully saturated rings. The van der Waals surface area contributed by atoms with E-state index in [0.717, 1.165) is 36.1 Å². The number of likely N-dealkylation sites (tertiary alicyclic amines) is 1. The monoisotopic (exact) mass is 509 g/mol. The smallest absolute Gasteiger partial charge is 0.257 e. The quantitative estimate of drug-likeness (QED) is 0.536. The van der Waals surface area contributed by atoms with E-state index in [2.05, 4.69) is 10.9 Å². The summed E-state index contributed by atoms with van der Waals surface area (Å²) in [7, 11) is 0. The molecule has 0 bridgehead atoms. The molecule has 2 aromatic rings. The number of carbonyl (C=O) groups excluding carboxylic acids is 2. The number of para-hydroxylation sites is 1. The molecule has 5 rings (SSSR count). The van der Waals surface area contributed by atoms with Gasteiger partial charge in [0.25, 0.3) is 5.91 Å². The fourth-order valence-electron chi connectivity index (χ4n) is 5.35. The number of amides is 2. The van der Waals surface area contributed by atoms with E-state index in [1.807, 2.05) is 22.9 Å². The standard InChI is InChI=1S/C27H29F2N5O3/c1-2-5-22(35)33-13-4-6-17(14-33)34-15-19(23-24(34)27(36)32-31-26(23)30)16-9-11-18(12-10-16)37-25-20(28)7-3-8-21(25)29/h2-3,5,7-12,15,17,23-24,26,31H,4,6,13-14,30H2,1H3,(H,32,36)/b5-2+/t17-,23?,24?,26?/m1/s1. The average Bonchev–Trinajstić information content (AvgIpc) is 3.31. The normalized spacial score (nSPS) is 25.6. The molecule has 3 aliphatic rings. The first-order valence-corrected chi connectivity index (χ1v) is 12.3. The summed E-state index contributed by atoms with van der Waals surface area (Å²) in [6, 6.07) is 9.77. The fourth-order valence-corrected chi connectivity index (χ4v) is 5.35.